The van der Waals surface area contributed by atoms with E-state index in [1.165, 1.54) is 5.56 Å². The van der Waals surface area contributed by atoms with E-state index in [9.17, 15) is 9.90 Å². The second kappa shape index (κ2) is 6.12. The molecule has 3 heterocycles. The van der Waals surface area contributed by atoms with Gasteiger partial charge in [-0.15, -0.1) is 0 Å². The van der Waals surface area contributed by atoms with Crippen molar-refractivity contribution in [1.29, 1.82) is 0 Å². The molecule has 0 unspecified atom stereocenters. The highest BCUT2D eigenvalue weighted by atomic mass is 16.5. The minimum atomic E-state index is -0.705. The van der Waals surface area contributed by atoms with Crippen molar-refractivity contribution in [3.05, 3.63) is 11.3 Å². The van der Waals surface area contributed by atoms with E-state index < -0.39 is 11.4 Å². The molecular weight excluding hydrogens is 320 g/mol. The molecule has 0 aromatic carbocycles. The van der Waals surface area contributed by atoms with E-state index in [4.69, 9.17) is 14.7 Å². The maximum Gasteiger partial charge on any atom is 0.311 e. The monoisotopic (exact) mass is 346 g/mol. The first-order valence-electron chi connectivity index (χ1n) is 9.14. The van der Waals surface area contributed by atoms with Crippen molar-refractivity contribution in [1.82, 2.24) is 9.97 Å². The van der Waals surface area contributed by atoms with Crippen LogP contribution in [0.2, 0.25) is 0 Å². The van der Waals surface area contributed by atoms with Gasteiger partial charge in [0, 0.05) is 45.3 Å². The van der Waals surface area contributed by atoms with Gasteiger partial charge in [-0.25, -0.2) is 4.98 Å². The first-order chi connectivity index (χ1) is 12.0. The number of rotatable bonds is 3. The summed E-state index contributed by atoms with van der Waals surface area (Å²) in [4.78, 5) is 25.7. The zero-order valence-corrected chi connectivity index (χ0v) is 15.0. The summed E-state index contributed by atoms with van der Waals surface area (Å²) < 4.78 is 5.59. The Hall–Kier alpha value is -1.89. The van der Waals surface area contributed by atoms with Gasteiger partial charge in [-0.3, -0.25) is 4.79 Å². The summed E-state index contributed by atoms with van der Waals surface area (Å²) in [6.07, 6.45) is 4.85. The van der Waals surface area contributed by atoms with Crippen molar-refractivity contribution in [2.24, 2.45) is 11.3 Å². The van der Waals surface area contributed by atoms with Crippen LogP contribution in [0, 0.1) is 11.3 Å². The summed E-state index contributed by atoms with van der Waals surface area (Å²) >= 11 is 0. The Morgan fingerprint density at radius 3 is 2.84 bits per heavy atom. The third kappa shape index (κ3) is 2.65. The summed E-state index contributed by atoms with van der Waals surface area (Å²) in [5.41, 5.74) is 1.65. The largest absolute Gasteiger partial charge is 0.481 e. The van der Waals surface area contributed by atoms with Gasteiger partial charge in [0.15, 0.2) is 0 Å². The maximum atomic E-state index is 12.1. The van der Waals surface area contributed by atoms with E-state index in [2.05, 4.69) is 4.90 Å². The average molecular weight is 346 g/mol. The van der Waals surface area contributed by atoms with Gasteiger partial charge in [0.2, 0.25) is 5.95 Å². The third-order valence-electron chi connectivity index (χ3n) is 5.98. The Morgan fingerprint density at radius 1 is 1.32 bits per heavy atom. The average Bonchev–Trinajstić information content (AvgIpc) is 3.01. The molecule has 136 valence electrons. The van der Waals surface area contributed by atoms with E-state index in [0.29, 0.717) is 38.7 Å². The van der Waals surface area contributed by atoms with Crippen molar-refractivity contribution < 1.29 is 14.6 Å². The van der Waals surface area contributed by atoms with Crippen LogP contribution >= 0.6 is 0 Å². The molecule has 25 heavy (non-hydrogen) atoms. The fourth-order valence-electron chi connectivity index (χ4n) is 4.48. The van der Waals surface area contributed by atoms with E-state index in [1.54, 1.807) is 0 Å². The molecular formula is C18H26N4O3. The van der Waals surface area contributed by atoms with Gasteiger partial charge in [0.1, 0.15) is 5.82 Å². The number of ether oxygens (including phenoxy) is 1. The molecule has 0 bridgehead atoms. The second-order valence-corrected chi connectivity index (χ2v) is 7.74. The highest BCUT2D eigenvalue weighted by Gasteiger charge is 2.54. The molecule has 2 atom stereocenters. The molecule has 2 aliphatic heterocycles. The van der Waals surface area contributed by atoms with Crippen LogP contribution < -0.4 is 9.80 Å². The Balaban J connectivity index is 1.74. The van der Waals surface area contributed by atoms with Gasteiger partial charge >= 0.3 is 5.97 Å². The quantitative estimate of drug-likeness (QED) is 0.885. The molecule has 0 amide bonds. The standard InChI is InChI=1S/C18H26N4O3/c1-21(2)17-19-14-6-4-3-5-13(14)15(20-17)22-9-12-10-25-8-7-18(12,11-22)16(23)24/h12H,3-11H2,1-2H3,(H,23,24)/t12-,18+/m1/s1. The number of aliphatic carboxylic acids is 1. The number of nitrogens with zero attached hydrogens (tertiary/aromatic N) is 4. The van der Waals surface area contributed by atoms with Crippen molar-refractivity contribution in [2.75, 3.05) is 50.2 Å². The van der Waals surface area contributed by atoms with Crippen LogP contribution in [0.3, 0.4) is 0 Å². The van der Waals surface area contributed by atoms with Crippen LogP contribution in [0.25, 0.3) is 0 Å². The first kappa shape index (κ1) is 16.6. The van der Waals surface area contributed by atoms with Crippen molar-refractivity contribution >= 4 is 17.7 Å². The molecule has 7 nitrogen and oxygen atoms in total. The number of carboxylic acids is 1. The van der Waals surface area contributed by atoms with Crippen molar-refractivity contribution in [3.63, 3.8) is 0 Å². The normalized spacial score (nSPS) is 28.4. The molecule has 1 aliphatic carbocycles. The zero-order valence-electron chi connectivity index (χ0n) is 15.0. The lowest BCUT2D eigenvalue weighted by Crippen LogP contribution is -2.44. The lowest BCUT2D eigenvalue weighted by atomic mass is 9.74. The fraction of sp³-hybridized carbons (Fsp3) is 0.722. The molecule has 3 aliphatic rings. The molecule has 0 radical (unpaired) electrons. The van der Waals surface area contributed by atoms with Crippen LogP contribution in [-0.2, 0) is 22.4 Å². The number of aromatic nitrogens is 2. The predicted molar refractivity (Wildman–Crippen MR) is 94.2 cm³/mol. The molecule has 1 aromatic rings. The number of aryl methyl sites for hydroxylation is 1. The smallest absolute Gasteiger partial charge is 0.311 e. The summed E-state index contributed by atoms with van der Waals surface area (Å²) in [6, 6.07) is 0. The number of fused-ring (bicyclic) bond motifs is 2. The van der Waals surface area contributed by atoms with Gasteiger partial charge in [0.05, 0.1) is 17.7 Å². The highest BCUT2D eigenvalue weighted by molar-refractivity contribution is 5.77. The SMILES string of the molecule is CN(C)c1nc2c(c(N3C[C@@H]4COCC[C@]4(C(=O)O)C3)n1)CCCC2. The summed E-state index contributed by atoms with van der Waals surface area (Å²) in [5.74, 6) is 0.990. The first-order valence-corrected chi connectivity index (χ1v) is 9.14. The third-order valence-corrected chi connectivity index (χ3v) is 5.98. The van der Waals surface area contributed by atoms with Crippen molar-refractivity contribution in [3.8, 4) is 0 Å². The van der Waals surface area contributed by atoms with Crippen molar-refractivity contribution in [2.45, 2.75) is 32.1 Å². The van der Waals surface area contributed by atoms with Crippen LogP contribution in [0.4, 0.5) is 11.8 Å². The number of hydrogen-bond donors (Lipinski definition) is 1. The number of anilines is 2. The molecule has 7 heteroatoms. The second-order valence-electron chi connectivity index (χ2n) is 7.74. The van der Waals surface area contributed by atoms with Crippen LogP contribution in [0.1, 0.15) is 30.5 Å². The summed E-state index contributed by atoms with van der Waals surface area (Å²) in [5, 5.41) is 9.92. The van der Waals surface area contributed by atoms with Gasteiger partial charge in [0.25, 0.3) is 0 Å². The highest BCUT2D eigenvalue weighted by Crippen LogP contribution is 2.45. The van der Waals surface area contributed by atoms with E-state index in [0.717, 1.165) is 37.2 Å². The van der Waals surface area contributed by atoms with E-state index in [1.807, 2.05) is 19.0 Å². The lowest BCUT2D eigenvalue weighted by molar-refractivity contribution is -0.157. The molecule has 4 rings (SSSR count). The minimum Gasteiger partial charge on any atom is -0.481 e. The molecule has 0 saturated carbocycles. The summed E-state index contributed by atoms with van der Waals surface area (Å²) in [7, 11) is 3.90. The molecule has 0 spiro atoms. The van der Waals surface area contributed by atoms with Gasteiger partial charge < -0.3 is 19.6 Å². The van der Waals surface area contributed by atoms with Crippen LogP contribution in [0.15, 0.2) is 0 Å². The molecule has 2 saturated heterocycles. The number of carboxylic acid groups (broad SMARTS) is 1. The lowest BCUT2D eigenvalue weighted by Gasteiger charge is -2.34. The van der Waals surface area contributed by atoms with Gasteiger partial charge in [-0.2, -0.15) is 4.98 Å². The Labute approximate surface area is 148 Å². The summed E-state index contributed by atoms with van der Waals surface area (Å²) in [6.45, 7) is 2.27. The predicted octanol–water partition coefficient (Wildman–Crippen LogP) is 1.35. The topological polar surface area (TPSA) is 78.8 Å². The van der Waals surface area contributed by atoms with E-state index >= 15 is 0 Å². The van der Waals surface area contributed by atoms with Crippen LogP contribution in [-0.4, -0.2) is 61.4 Å². The fourth-order valence-corrected chi connectivity index (χ4v) is 4.48. The number of hydrogen-bond acceptors (Lipinski definition) is 6. The molecule has 1 N–H and O–H groups in total. The van der Waals surface area contributed by atoms with Gasteiger partial charge in [-0.05, 0) is 32.1 Å². The Morgan fingerprint density at radius 2 is 2.12 bits per heavy atom. The Bertz CT molecular complexity index is 693. The van der Waals surface area contributed by atoms with E-state index in [-0.39, 0.29) is 5.92 Å². The molecule has 1 aromatic heterocycles. The zero-order chi connectivity index (χ0) is 17.6. The van der Waals surface area contributed by atoms with Crippen LogP contribution in [0.5, 0.6) is 0 Å². The molecule has 2 fully saturated rings. The van der Waals surface area contributed by atoms with Gasteiger partial charge in [-0.1, -0.05) is 0 Å². The Kier molecular flexibility index (Phi) is 4.06. The maximum absolute atomic E-state index is 12.1. The minimum absolute atomic E-state index is 0.0239. The number of carbonyl (C=O) groups is 1.